The molecular weight excluding hydrogens is 910 g/mol. The van der Waals surface area contributed by atoms with Crippen LogP contribution in [0.5, 0.6) is 0 Å². The van der Waals surface area contributed by atoms with Gasteiger partial charge < -0.3 is 43.7 Å². The van der Waals surface area contributed by atoms with Crippen LogP contribution in [0, 0.1) is 16.7 Å². The minimum atomic E-state index is -1.06. The summed E-state index contributed by atoms with van der Waals surface area (Å²) in [7, 11) is 3.32. The summed E-state index contributed by atoms with van der Waals surface area (Å²) < 4.78 is 33.3. The van der Waals surface area contributed by atoms with E-state index in [4.69, 9.17) is 19.2 Å². The van der Waals surface area contributed by atoms with E-state index in [1.165, 1.54) is 22.1 Å². The van der Waals surface area contributed by atoms with Crippen molar-refractivity contribution in [3.63, 3.8) is 0 Å². The second-order valence-corrected chi connectivity index (χ2v) is 21.4. The van der Waals surface area contributed by atoms with Gasteiger partial charge in [0, 0.05) is 118 Å². The molecule has 5 amide bonds. The number of benzene rings is 1. The van der Waals surface area contributed by atoms with Crippen molar-refractivity contribution in [2.75, 3.05) is 84.8 Å². The maximum absolute atomic E-state index is 14.8. The number of methoxy groups -OCH3 is 1. The third kappa shape index (κ3) is 10.9. The first-order valence-electron chi connectivity index (χ1n) is 25.5. The number of anilines is 1. The molecule has 7 heterocycles. The zero-order valence-corrected chi connectivity index (χ0v) is 42.9. The summed E-state index contributed by atoms with van der Waals surface area (Å²) >= 11 is 0. The number of likely N-dealkylation sites (tertiary alicyclic amines) is 2. The van der Waals surface area contributed by atoms with Gasteiger partial charge in [0.1, 0.15) is 24.8 Å². The summed E-state index contributed by atoms with van der Waals surface area (Å²) in [5.41, 5.74) is 8.64. The van der Waals surface area contributed by atoms with Crippen LogP contribution < -0.4 is 15.6 Å². The van der Waals surface area contributed by atoms with Crippen LogP contribution in [0.2, 0.25) is 0 Å². The molecule has 4 saturated heterocycles. The number of nitrogens with one attached hydrogen (secondary N) is 2. The van der Waals surface area contributed by atoms with Crippen LogP contribution in [0.1, 0.15) is 91.0 Å². The number of halogens is 1. The largest absolute Gasteiger partial charge is 0.464 e. The second-order valence-electron chi connectivity index (χ2n) is 21.4. The number of nitrogens with zero attached hydrogens (tertiary/aromatic N) is 7. The summed E-state index contributed by atoms with van der Waals surface area (Å²) in [6.45, 7) is 16.1. The number of cyclic esters (lactones) is 1. The van der Waals surface area contributed by atoms with Crippen LogP contribution in [0.15, 0.2) is 48.7 Å². The highest BCUT2D eigenvalue weighted by atomic mass is 19.1. The zero-order valence-electron chi connectivity index (χ0n) is 42.9. The summed E-state index contributed by atoms with van der Waals surface area (Å²) in [6, 6.07) is 7.57. The third-order valence-corrected chi connectivity index (χ3v) is 15.3. The lowest BCUT2D eigenvalue weighted by molar-refractivity contribution is -0.156. The highest BCUT2D eigenvalue weighted by Crippen LogP contribution is 2.43. The van der Waals surface area contributed by atoms with Crippen molar-refractivity contribution < 1.29 is 42.6 Å². The highest BCUT2D eigenvalue weighted by molar-refractivity contribution is 5.95. The number of alkyl halides is 1. The van der Waals surface area contributed by atoms with Gasteiger partial charge in [-0.15, -0.1) is 0 Å². The number of likely N-dealkylation sites (N-methyl/N-ethyl adjacent to an activating group) is 1. The number of hydrogen-bond acceptors (Lipinski definition) is 11. The van der Waals surface area contributed by atoms with E-state index in [0.717, 1.165) is 39.1 Å². The molecule has 0 aliphatic carbocycles. The number of rotatable bonds is 10. The van der Waals surface area contributed by atoms with Crippen molar-refractivity contribution in [3.05, 3.63) is 59.9 Å². The lowest BCUT2D eigenvalue weighted by atomic mass is 9.72. The Labute approximate surface area is 417 Å². The predicted molar refractivity (Wildman–Crippen MR) is 268 cm³/mol. The molecule has 1 aromatic carbocycles. The van der Waals surface area contributed by atoms with Gasteiger partial charge in [-0.25, -0.2) is 14.6 Å². The molecule has 5 aliphatic heterocycles. The minimum absolute atomic E-state index is 0.0911. The molecule has 6 bridgehead atoms. The van der Waals surface area contributed by atoms with E-state index in [9.17, 15) is 28.4 Å². The van der Waals surface area contributed by atoms with Gasteiger partial charge in [-0.1, -0.05) is 27.7 Å². The number of morpholine rings is 1. The van der Waals surface area contributed by atoms with Crippen LogP contribution in [0.4, 0.5) is 14.9 Å². The van der Waals surface area contributed by atoms with Gasteiger partial charge in [-0.2, -0.15) is 0 Å². The van der Waals surface area contributed by atoms with Crippen LogP contribution in [-0.4, -0.2) is 163 Å². The quantitative estimate of drug-likeness (QED) is 0.190. The molecule has 5 aliphatic rings. The van der Waals surface area contributed by atoms with E-state index in [1.54, 1.807) is 30.2 Å². The molecule has 4 fully saturated rings. The van der Waals surface area contributed by atoms with Crippen molar-refractivity contribution >= 4 is 46.3 Å². The lowest BCUT2D eigenvalue weighted by Gasteiger charge is -2.54. The number of esters is 1. The fourth-order valence-corrected chi connectivity index (χ4v) is 11.4. The number of ether oxygens (including phenoxy) is 3. The van der Waals surface area contributed by atoms with Crippen LogP contribution in [0.3, 0.4) is 0 Å². The Morgan fingerprint density at radius 2 is 1.83 bits per heavy atom. The Hall–Kier alpha value is -5.59. The number of pyridine rings is 1. The van der Waals surface area contributed by atoms with E-state index in [2.05, 4.69) is 65.2 Å². The van der Waals surface area contributed by atoms with Crippen LogP contribution in [0.25, 0.3) is 22.2 Å². The SMILES string of the molecule is CCn1c(-c2cccnc2[C@H](C)OC)c2c3cc(ccc31)N1CCO[C@@H](C[C@H](NC(=O)[C@H](C(C)C)N(C)C(=O)N3CCC4(CC3)CN(C(=O)/C=C/CF)C4)C(=O)N3CCC[C@H](N3)C(=O)OCC(C)(C)C2)C1. The summed E-state index contributed by atoms with van der Waals surface area (Å²) in [6.07, 6.45) is 6.70. The average Bonchev–Trinajstić information content (AvgIpc) is 3.66. The zero-order chi connectivity index (χ0) is 50.8. The van der Waals surface area contributed by atoms with Crippen LogP contribution in [-0.2, 0) is 46.4 Å². The molecule has 2 N–H and O–H groups in total. The number of carbonyl (C=O) groups is 5. The van der Waals surface area contributed by atoms with E-state index in [1.807, 2.05) is 26.8 Å². The minimum Gasteiger partial charge on any atom is -0.464 e. The molecular formula is C53H74FN9O8. The maximum Gasteiger partial charge on any atom is 0.324 e. The Bertz CT molecular complexity index is 2480. The van der Waals surface area contributed by atoms with Gasteiger partial charge in [0.25, 0.3) is 5.91 Å². The monoisotopic (exact) mass is 984 g/mol. The van der Waals surface area contributed by atoms with E-state index >= 15 is 0 Å². The number of allylic oxidation sites excluding steroid dienone is 1. The van der Waals surface area contributed by atoms with Gasteiger partial charge in [0.15, 0.2) is 0 Å². The number of aryl methyl sites for hydroxylation is 1. The molecule has 0 unspecified atom stereocenters. The molecule has 2 aromatic heterocycles. The number of carbonyl (C=O) groups excluding carboxylic acids is 5. The Balaban J connectivity index is 1.07. The van der Waals surface area contributed by atoms with Crippen molar-refractivity contribution in [2.24, 2.45) is 16.7 Å². The van der Waals surface area contributed by atoms with Gasteiger partial charge >= 0.3 is 12.0 Å². The molecule has 5 atom stereocenters. The van der Waals surface area contributed by atoms with Crippen molar-refractivity contribution in [2.45, 2.75) is 117 Å². The topological polar surface area (TPSA) is 171 Å². The molecule has 71 heavy (non-hydrogen) atoms. The highest BCUT2D eigenvalue weighted by Gasteiger charge is 2.48. The van der Waals surface area contributed by atoms with Crippen LogP contribution >= 0.6 is 0 Å². The second kappa shape index (κ2) is 21.6. The number of hydrazine groups is 1. The normalized spacial score (nSPS) is 23.6. The first-order valence-corrected chi connectivity index (χ1v) is 25.5. The molecule has 386 valence electrons. The average molecular weight is 984 g/mol. The Morgan fingerprint density at radius 1 is 1.07 bits per heavy atom. The van der Waals surface area contributed by atoms with Gasteiger partial charge in [0.05, 0.1) is 36.8 Å². The number of piperidine rings is 1. The van der Waals surface area contributed by atoms with E-state index in [-0.39, 0.29) is 42.4 Å². The van der Waals surface area contributed by atoms with Crippen molar-refractivity contribution in [1.82, 2.24) is 40.0 Å². The van der Waals surface area contributed by atoms with Gasteiger partial charge in [-0.3, -0.25) is 29.2 Å². The predicted octanol–water partition coefficient (Wildman–Crippen LogP) is 5.66. The maximum atomic E-state index is 14.8. The summed E-state index contributed by atoms with van der Waals surface area (Å²) in [5, 5.41) is 5.61. The Kier molecular flexibility index (Phi) is 15.8. The molecule has 1 spiro atoms. The van der Waals surface area contributed by atoms with Crippen molar-refractivity contribution in [3.8, 4) is 11.3 Å². The number of urea groups is 1. The van der Waals surface area contributed by atoms with E-state index < -0.39 is 54.1 Å². The number of amides is 5. The molecule has 0 radical (unpaired) electrons. The molecule has 3 aromatic rings. The molecule has 17 nitrogen and oxygen atoms in total. The fraction of sp³-hybridized carbons (Fsp3) is 0.623. The smallest absolute Gasteiger partial charge is 0.324 e. The molecule has 8 rings (SSSR count). The Morgan fingerprint density at radius 3 is 2.54 bits per heavy atom. The molecule has 0 saturated carbocycles. The van der Waals surface area contributed by atoms with Gasteiger partial charge in [0.2, 0.25) is 11.8 Å². The first-order chi connectivity index (χ1) is 34.0. The van der Waals surface area contributed by atoms with Crippen molar-refractivity contribution in [1.29, 1.82) is 0 Å². The third-order valence-electron chi connectivity index (χ3n) is 15.3. The number of fused-ring (bicyclic) bond motifs is 6. The first kappa shape index (κ1) is 51.8. The van der Waals surface area contributed by atoms with Gasteiger partial charge in [-0.05, 0) is 93.8 Å². The lowest BCUT2D eigenvalue weighted by Crippen LogP contribution is -2.64. The standard InChI is InChI=1S/C53H74FN9O8/c1-9-62-43-17-16-36-27-39(43)40(47(62)38-13-11-21-55-45(38)35(4)69-8)29-52(5,6)33-71-50(67)41-14-12-22-63(57-41)49(66)42(28-37-30-60(36)25-26-70-37)56-48(65)46(34(2)3)58(7)51(68)59-23-18-53(19-24-59)31-61(32-53)44(64)15-10-20-54/h10-11,13,15-17,21,27,34-35,37,41-42,46,57H,9,12,14,18-20,22-26,28-33H2,1-8H3,(H,56,65)/b15-10+/t35-,37-,41-,42-,46-/m0/s1. The summed E-state index contributed by atoms with van der Waals surface area (Å²) in [4.78, 5) is 82.0. The number of hydrogen-bond donors (Lipinski definition) is 2. The summed E-state index contributed by atoms with van der Waals surface area (Å²) in [5.74, 6) is -1.84. The van der Waals surface area contributed by atoms with E-state index in [0.29, 0.717) is 91.1 Å². The number of aromatic nitrogens is 2. The fourth-order valence-electron chi connectivity index (χ4n) is 11.4. The molecule has 18 heteroatoms.